The van der Waals surface area contributed by atoms with Gasteiger partial charge in [-0.15, -0.1) is 11.3 Å². The molecule has 1 N–H and O–H groups in total. The third-order valence-electron chi connectivity index (χ3n) is 3.56. The molecule has 0 aliphatic heterocycles. The Bertz CT molecular complexity index is 992. The topological polar surface area (TPSA) is 74.7 Å². The largest absolute Gasteiger partial charge is 0.478 e. The van der Waals surface area contributed by atoms with E-state index in [1.807, 2.05) is 12.1 Å². The van der Waals surface area contributed by atoms with E-state index in [0.29, 0.717) is 5.39 Å². The van der Waals surface area contributed by atoms with Crippen LogP contribution in [0.1, 0.15) is 10.4 Å². The van der Waals surface area contributed by atoms with E-state index in [9.17, 15) is 18.3 Å². The van der Waals surface area contributed by atoms with Gasteiger partial charge in [-0.25, -0.2) is 13.2 Å². The third kappa shape index (κ3) is 2.58. The molecular formula is C16H13NO4S2. The maximum Gasteiger partial charge on any atom is 0.337 e. The molecule has 0 bridgehead atoms. The van der Waals surface area contributed by atoms with Crippen molar-refractivity contribution in [2.24, 2.45) is 0 Å². The molecule has 23 heavy (non-hydrogen) atoms. The highest BCUT2D eigenvalue weighted by Crippen LogP contribution is 2.33. The van der Waals surface area contributed by atoms with E-state index in [4.69, 9.17) is 0 Å². The fourth-order valence-corrected chi connectivity index (χ4v) is 5.05. The molecule has 0 spiro atoms. The Labute approximate surface area is 137 Å². The number of carboxylic acids is 1. The second-order valence-electron chi connectivity index (χ2n) is 4.89. The average Bonchev–Trinajstić information content (AvgIpc) is 2.98. The first-order valence-corrected chi connectivity index (χ1v) is 9.02. The van der Waals surface area contributed by atoms with Crippen LogP contribution in [-0.4, -0.2) is 26.5 Å². The lowest BCUT2D eigenvalue weighted by Gasteiger charge is -2.20. The monoisotopic (exact) mass is 347 g/mol. The number of anilines is 1. The first-order chi connectivity index (χ1) is 10.9. The normalized spacial score (nSPS) is 11.5. The number of nitrogens with zero attached hydrogens (tertiary/aromatic N) is 1. The summed E-state index contributed by atoms with van der Waals surface area (Å²) in [5.74, 6) is -1.17. The van der Waals surface area contributed by atoms with Crippen molar-refractivity contribution in [2.75, 3.05) is 11.4 Å². The van der Waals surface area contributed by atoms with Crippen molar-refractivity contribution in [1.82, 2.24) is 0 Å². The number of carbonyl (C=O) groups is 1. The molecule has 118 valence electrons. The number of aromatic carboxylic acids is 1. The molecule has 2 aromatic carbocycles. The first-order valence-electron chi connectivity index (χ1n) is 6.70. The van der Waals surface area contributed by atoms with Crippen LogP contribution in [-0.2, 0) is 10.0 Å². The van der Waals surface area contributed by atoms with Crippen molar-refractivity contribution in [1.29, 1.82) is 0 Å². The van der Waals surface area contributed by atoms with Gasteiger partial charge in [0.1, 0.15) is 4.90 Å². The molecule has 0 radical (unpaired) electrons. The van der Waals surface area contributed by atoms with E-state index in [-0.39, 0.29) is 16.1 Å². The second kappa shape index (κ2) is 5.68. The van der Waals surface area contributed by atoms with Crippen LogP contribution in [0.25, 0.3) is 10.1 Å². The number of carboxylic acid groups (broad SMARTS) is 1. The number of fused-ring (bicyclic) bond motifs is 1. The number of rotatable bonds is 4. The van der Waals surface area contributed by atoms with Gasteiger partial charge in [0.2, 0.25) is 0 Å². The molecule has 3 aromatic rings. The van der Waals surface area contributed by atoms with E-state index in [1.165, 1.54) is 30.5 Å². The van der Waals surface area contributed by atoms with E-state index >= 15 is 0 Å². The zero-order valence-electron chi connectivity index (χ0n) is 12.1. The number of sulfonamides is 1. The van der Waals surface area contributed by atoms with Crippen LogP contribution in [0.3, 0.4) is 0 Å². The fourth-order valence-electron chi connectivity index (χ4n) is 2.36. The van der Waals surface area contributed by atoms with Crippen LogP contribution >= 0.6 is 11.3 Å². The fraction of sp³-hybridized carbons (Fsp3) is 0.0625. The summed E-state index contributed by atoms with van der Waals surface area (Å²) >= 11 is 1.34. The Morgan fingerprint density at radius 3 is 2.48 bits per heavy atom. The number of hydrogen-bond donors (Lipinski definition) is 1. The molecule has 1 aromatic heterocycles. The summed E-state index contributed by atoms with van der Waals surface area (Å²) in [4.78, 5) is 11.5. The molecule has 0 amide bonds. The lowest BCUT2D eigenvalue weighted by molar-refractivity contribution is 0.0698. The first kappa shape index (κ1) is 15.5. The van der Waals surface area contributed by atoms with E-state index < -0.39 is 16.0 Å². The molecule has 0 saturated carbocycles. The minimum atomic E-state index is -3.85. The molecule has 0 aliphatic carbocycles. The number of benzene rings is 2. The van der Waals surface area contributed by atoms with Crippen LogP contribution in [0, 0.1) is 0 Å². The second-order valence-corrected chi connectivity index (χ2v) is 7.74. The van der Waals surface area contributed by atoms with Crippen LogP contribution in [0.2, 0.25) is 0 Å². The number of thiophene rings is 1. The van der Waals surface area contributed by atoms with Crippen molar-refractivity contribution < 1.29 is 18.3 Å². The highest BCUT2D eigenvalue weighted by atomic mass is 32.2. The van der Waals surface area contributed by atoms with Crippen LogP contribution < -0.4 is 4.31 Å². The molecule has 0 atom stereocenters. The summed E-state index contributed by atoms with van der Waals surface area (Å²) in [6.07, 6.45) is 0. The van der Waals surface area contributed by atoms with Crippen LogP contribution in [0.15, 0.2) is 58.8 Å². The molecule has 7 heteroatoms. The lowest BCUT2D eigenvalue weighted by Crippen LogP contribution is -2.28. The molecule has 0 unspecified atom stereocenters. The smallest absolute Gasteiger partial charge is 0.337 e. The van der Waals surface area contributed by atoms with Gasteiger partial charge in [-0.1, -0.05) is 30.3 Å². The lowest BCUT2D eigenvalue weighted by atomic mass is 10.2. The van der Waals surface area contributed by atoms with Gasteiger partial charge >= 0.3 is 5.97 Å². The van der Waals surface area contributed by atoms with Crippen molar-refractivity contribution in [3.8, 4) is 0 Å². The van der Waals surface area contributed by atoms with Gasteiger partial charge in [-0.05, 0) is 18.2 Å². The van der Waals surface area contributed by atoms with Crippen molar-refractivity contribution in [3.63, 3.8) is 0 Å². The molecule has 3 rings (SSSR count). The maximum absolute atomic E-state index is 12.9. The summed E-state index contributed by atoms with van der Waals surface area (Å²) < 4.78 is 27.7. The zero-order chi connectivity index (χ0) is 16.6. The van der Waals surface area contributed by atoms with Crippen molar-refractivity contribution in [3.05, 3.63) is 59.5 Å². The van der Waals surface area contributed by atoms with E-state index in [2.05, 4.69) is 0 Å². The number of para-hydroxylation sites is 1. The van der Waals surface area contributed by atoms with Gasteiger partial charge < -0.3 is 5.11 Å². The minimum Gasteiger partial charge on any atom is -0.478 e. The summed E-state index contributed by atoms with van der Waals surface area (Å²) in [7, 11) is -2.49. The van der Waals surface area contributed by atoms with Gasteiger partial charge in [0.25, 0.3) is 10.0 Å². The predicted octanol–water partition coefficient (Wildman–Crippen LogP) is 3.42. The van der Waals surface area contributed by atoms with E-state index in [1.54, 1.807) is 29.6 Å². The summed E-state index contributed by atoms with van der Waals surface area (Å²) in [6.45, 7) is 0. The Morgan fingerprint density at radius 2 is 1.74 bits per heavy atom. The van der Waals surface area contributed by atoms with E-state index in [0.717, 1.165) is 9.01 Å². The highest BCUT2D eigenvalue weighted by molar-refractivity contribution is 7.93. The van der Waals surface area contributed by atoms with Crippen molar-refractivity contribution in [2.45, 2.75) is 4.90 Å². The standard InChI is InChI=1S/C16H13NO4S2/c1-17(13-8-4-2-6-11(13)16(18)19)23(20,21)15-10-22-14-9-5-3-7-12(14)15/h2-10H,1H3,(H,18,19). The molecule has 0 aliphatic rings. The Balaban J connectivity index is 2.15. The predicted molar refractivity (Wildman–Crippen MR) is 90.8 cm³/mol. The highest BCUT2D eigenvalue weighted by Gasteiger charge is 2.27. The zero-order valence-corrected chi connectivity index (χ0v) is 13.8. The SMILES string of the molecule is CN(c1ccccc1C(=O)O)S(=O)(=O)c1csc2ccccc12. The van der Waals surface area contributed by atoms with Gasteiger partial charge in [0.05, 0.1) is 11.3 Å². The Kier molecular flexibility index (Phi) is 3.83. The van der Waals surface area contributed by atoms with Gasteiger partial charge in [0, 0.05) is 22.5 Å². The maximum atomic E-state index is 12.9. The van der Waals surface area contributed by atoms with Crippen LogP contribution in [0.5, 0.6) is 0 Å². The third-order valence-corrected chi connectivity index (χ3v) is 6.48. The van der Waals surface area contributed by atoms with Gasteiger partial charge in [-0.3, -0.25) is 4.31 Å². The quantitative estimate of drug-likeness (QED) is 0.785. The van der Waals surface area contributed by atoms with Crippen molar-refractivity contribution >= 4 is 43.1 Å². The molecule has 0 fully saturated rings. The van der Waals surface area contributed by atoms with Crippen LogP contribution in [0.4, 0.5) is 5.69 Å². The molecule has 1 heterocycles. The Morgan fingerprint density at radius 1 is 1.09 bits per heavy atom. The molecular weight excluding hydrogens is 334 g/mol. The minimum absolute atomic E-state index is 0.0573. The number of hydrogen-bond acceptors (Lipinski definition) is 4. The Hall–Kier alpha value is -2.38. The summed E-state index contributed by atoms with van der Waals surface area (Å²) in [6, 6.07) is 13.3. The average molecular weight is 347 g/mol. The van der Waals surface area contributed by atoms with Gasteiger partial charge in [0.15, 0.2) is 0 Å². The molecule has 0 saturated heterocycles. The summed E-state index contributed by atoms with van der Waals surface area (Å²) in [5, 5.41) is 11.5. The summed E-state index contributed by atoms with van der Waals surface area (Å²) in [5.41, 5.74) is 0.0772. The molecule has 5 nitrogen and oxygen atoms in total. The van der Waals surface area contributed by atoms with Gasteiger partial charge in [-0.2, -0.15) is 0 Å².